The summed E-state index contributed by atoms with van der Waals surface area (Å²) in [5, 5.41) is 12.7. The Labute approximate surface area is 107 Å². The van der Waals surface area contributed by atoms with E-state index in [2.05, 4.69) is 29.4 Å². The van der Waals surface area contributed by atoms with Crippen molar-refractivity contribution in [2.45, 2.75) is 20.4 Å². The number of thiophene rings is 1. The molecule has 0 aliphatic heterocycles. The van der Waals surface area contributed by atoms with E-state index in [4.69, 9.17) is 5.11 Å². The Kier molecular flexibility index (Phi) is 3.44. The van der Waals surface area contributed by atoms with Crippen LogP contribution in [0.25, 0.3) is 0 Å². The van der Waals surface area contributed by atoms with Crippen molar-refractivity contribution in [1.29, 1.82) is 0 Å². The fraction of sp³-hybridized carbons (Fsp3) is 0.273. The van der Waals surface area contributed by atoms with Gasteiger partial charge in [-0.15, -0.1) is 11.3 Å². The van der Waals surface area contributed by atoms with E-state index < -0.39 is 5.97 Å². The Morgan fingerprint density at radius 2 is 2.18 bits per heavy atom. The summed E-state index contributed by atoms with van der Waals surface area (Å²) in [7, 11) is 0. The summed E-state index contributed by atoms with van der Waals surface area (Å²) in [6, 6.07) is 4.13. The van der Waals surface area contributed by atoms with Crippen LogP contribution in [0, 0.1) is 13.8 Å². The largest absolute Gasteiger partial charge is 0.477 e. The highest BCUT2D eigenvalue weighted by atomic mass is 32.1. The zero-order chi connectivity index (χ0) is 12.4. The lowest BCUT2D eigenvalue weighted by Gasteiger charge is -1.98. The molecule has 0 bridgehead atoms. The summed E-state index contributed by atoms with van der Waals surface area (Å²) < 4.78 is 0. The standard InChI is InChI=1S/C11H12N2O2S2/c1-6-3-4-8(16-6)5-12-11-13-7(2)9(17-11)10(14)15/h3-4H,5H2,1-2H3,(H,12,13)(H,14,15). The van der Waals surface area contributed by atoms with Gasteiger partial charge in [-0.25, -0.2) is 9.78 Å². The first kappa shape index (κ1) is 12.1. The van der Waals surface area contributed by atoms with Crippen molar-refractivity contribution in [2.24, 2.45) is 0 Å². The molecule has 0 spiro atoms. The number of nitrogens with zero attached hydrogens (tertiary/aromatic N) is 1. The number of nitrogens with one attached hydrogen (secondary N) is 1. The number of aromatic carboxylic acids is 1. The van der Waals surface area contributed by atoms with Gasteiger partial charge in [0.05, 0.1) is 12.2 Å². The van der Waals surface area contributed by atoms with E-state index in [0.29, 0.717) is 22.2 Å². The van der Waals surface area contributed by atoms with Gasteiger partial charge in [0.1, 0.15) is 4.88 Å². The molecule has 4 nitrogen and oxygen atoms in total. The SMILES string of the molecule is Cc1ccc(CNc2nc(C)c(C(=O)O)s2)s1. The summed E-state index contributed by atoms with van der Waals surface area (Å²) in [6.45, 7) is 4.45. The number of rotatable bonds is 4. The molecular formula is C11H12N2O2S2. The van der Waals surface area contributed by atoms with Crippen LogP contribution in [0.4, 0.5) is 5.13 Å². The minimum atomic E-state index is -0.917. The third kappa shape index (κ3) is 2.83. The average Bonchev–Trinajstić information content (AvgIpc) is 2.82. The Hall–Kier alpha value is -1.40. The lowest BCUT2D eigenvalue weighted by molar-refractivity contribution is 0.0701. The number of thiazole rings is 1. The van der Waals surface area contributed by atoms with Crippen molar-refractivity contribution in [2.75, 3.05) is 5.32 Å². The highest BCUT2D eigenvalue weighted by molar-refractivity contribution is 7.17. The first-order chi connectivity index (χ1) is 8.06. The molecule has 90 valence electrons. The van der Waals surface area contributed by atoms with Gasteiger partial charge in [-0.1, -0.05) is 11.3 Å². The number of carboxylic acid groups (broad SMARTS) is 1. The third-order valence-electron chi connectivity index (χ3n) is 2.20. The molecule has 0 fully saturated rings. The van der Waals surface area contributed by atoms with Gasteiger partial charge in [-0.2, -0.15) is 0 Å². The number of carboxylic acids is 1. The van der Waals surface area contributed by atoms with Crippen LogP contribution in [0.1, 0.15) is 25.1 Å². The van der Waals surface area contributed by atoms with Crippen molar-refractivity contribution in [3.8, 4) is 0 Å². The maximum absolute atomic E-state index is 10.9. The average molecular weight is 268 g/mol. The molecule has 2 rings (SSSR count). The van der Waals surface area contributed by atoms with Crippen molar-refractivity contribution < 1.29 is 9.90 Å². The number of carbonyl (C=O) groups is 1. The van der Waals surface area contributed by atoms with Crippen LogP contribution in [0.5, 0.6) is 0 Å². The van der Waals surface area contributed by atoms with Crippen LogP contribution in [0.15, 0.2) is 12.1 Å². The fourth-order valence-electron chi connectivity index (χ4n) is 1.41. The Bertz CT molecular complexity index is 545. The second kappa shape index (κ2) is 4.85. The number of anilines is 1. The summed E-state index contributed by atoms with van der Waals surface area (Å²) in [5.41, 5.74) is 0.562. The monoisotopic (exact) mass is 268 g/mol. The lowest BCUT2D eigenvalue weighted by Crippen LogP contribution is -1.96. The van der Waals surface area contributed by atoms with Gasteiger partial charge >= 0.3 is 5.97 Å². The third-order valence-corrected chi connectivity index (χ3v) is 4.30. The van der Waals surface area contributed by atoms with E-state index >= 15 is 0 Å². The van der Waals surface area contributed by atoms with E-state index in [1.165, 1.54) is 21.1 Å². The van der Waals surface area contributed by atoms with Gasteiger partial charge in [0.2, 0.25) is 0 Å². The molecule has 6 heteroatoms. The summed E-state index contributed by atoms with van der Waals surface area (Å²) >= 11 is 2.90. The van der Waals surface area contributed by atoms with Gasteiger partial charge in [-0.3, -0.25) is 0 Å². The molecule has 2 N–H and O–H groups in total. The molecule has 2 heterocycles. The van der Waals surface area contributed by atoms with Crippen LogP contribution >= 0.6 is 22.7 Å². The molecule has 0 aliphatic carbocycles. The predicted octanol–water partition coefficient (Wildman–Crippen LogP) is 3.13. The molecule has 2 aromatic rings. The predicted molar refractivity (Wildman–Crippen MR) is 70.2 cm³/mol. The Morgan fingerprint density at radius 3 is 2.71 bits per heavy atom. The highest BCUT2D eigenvalue weighted by Crippen LogP contribution is 2.24. The molecule has 0 atom stereocenters. The van der Waals surface area contributed by atoms with Crippen LogP contribution in [-0.4, -0.2) is 16.1 Å². The van der Waals surface area contributed by atoms with E-state index in [0.717, 1.165) is 0 Å². The van der Waals surface area contributed by atoms with Crippen LogP contribution in [0.2, 0.25) is 0 Å². The van der Waals surface area contributed by atoms with E-state index in [1.54, 1.807) is 18.3 Å². The van der Waals surface area contributed by atoms with Crippen molar-refractivity contribution in [3.05, 3.63) is 32.5 Å². The minimum Gasteiger partial charge on any atom is -0.477 e. The number of hydrogen-bond acceptors (Lipinski definition) is 5. The first-order valence-corrected chi connectivity index (χ1v) is 6.69. The number of aromatic nitrogens is 1. The summed E-state index contributed by atoms with van der Waals surface area (Å²) in [4.78, 5) is 17.8. The molecule has 0 amide bonds. The summed E-state index contributed by atoms with van der Waals surface area (Å²) in [6.07, 6.45) is 0. The molecule has 2 aromatic heterocycles. The van der Waals surface area contributed by atoms with E-state index in [1.807, 2.05) is 0 Å². The van der Waals surface area contributed by atoms with Gasteiger partial charge in [0.15, 0.2) is 5.13 Å². The van der Waals surface area contributed by atoms with Gasteiger partial charge in [0.25, 0.3) is 0 Å². The smallest absolute Gasteiger partial charge is 0.347 e. The quantitative estimate of drug-likeness (QED) is 0.894. The van der Waals surface area contributed by atoms with E-state index in [9.17, 15) is 4.79 Å². The molecule has 0 aliphatic rings. The molecule has 17 heavy (non-hydrogen) atoms. The normalized spacial score (nSPS) is 10.5. The zero-order valence-electron chi connectivity index (χ0n) is 9.48. The summed E-state index contributed by atoms with van der Waals surface area (Å²) in [5.74, 6) is -0.917. The van der Waals surface area contributed by atoms with Crippen LogP contribution in [-0.2, 0) is 6.54 Å². The number of hydrogen-bond donors (Lipinski definition) is 2. The molecular weight excluding hydrogens is 256 g/mol. The van der Waals surface area contributed by atoms with Crippen molar-refractivity contribution in [3.63, 3.8) is 0 Å². The number of aryl methyl sites for hydroxylation is 2. The molecule has 0 saturated carbocycles. The molecule has 0 saturated heterocycles. The van der Waals surface area contributed by atoms with Crippen LogP contribution < -0.4 is 5.32 Å². The highest BCUT2D eigenvalue weighted by Gasteiger charge is 2.13. The zero-order valence-corrected chi connectivity index (χ0v) is 11.1. The van der Waals surface area contributed by atoms with Gasteiger partial charge in [0, 0.05) is 9.75 Å². The van der Waals surface area contributed by atoms with Gasteiger partial charge < -0.3 is 10.4 Å². The second-order valence-electron chi connectivity index (χ2n) is 3.60. The van der Waals surface area contributed by atoms with Gasteiger partial charge in [-0.05, 0) is 26.0 Å². The molecule has 0 unspecified atom stereocenters. The lowest BCUT2D eigenvalue weighted by atomic mass is 10.4. The van der Waals surface area contributed by atoms with Crippen molar-refractivity contribution >= 4 is 33.8 Å². The molecule has 0 aromatic carbocycles. The first-order valence-electron chi connectivity index (χ1n) is 5.06. The fourth-order valence-corrected chi connectivity index (χ4v) is 3.04. The maximum atomic E-state index is 10.9. The van der Waals surface area contributed by atoms with Crippen molar-refractivity contribution in [1.82, 2.24) is 4.98 Å². The topological polar surface area (TPSA) is 62.2 Å². The minimum absolute atomic E-state index is 0.301. The Balaban J connectivity index is 2.04. The Morgan fingerprint density at radius 1 is 1.41 bits per heavy atom. The second-order valence-corrected chi connectivity index (χ2v) is 5.98. The van der Waals surface area contributed by atoms with Crippen LogP contribution in [0.3, 0.4) is 0 Å². The molecule has 0 radical (unpaired) electrons. The van der Waals surface area contributed by atoms with E-state index in [-0.39, 0.29) is 0 Å². The maximum Gasteiger partial charge on any atom is 0.347 e.